The van der Waals surface area contributed by atoms with Gasteiger partial charge in [-0.2, -0.15) is 5.10 Å². The first kappa shape index (κ1) is 18.7. The Morgan fingerprint density at radius 3 is 2.81 bits per heavy atom. The summed E-state index contributed by atoms with van der Waals surface area (Å²) in [6.07, 6.45) is 7.55. The summed E-state index contributed by atoms with van der Waals surface area (Å²) in [4.78, 5) is 23.6. The summed E-state index contributed by atoms with van der Waals surface area (Å²) in [6, 6.07) is -0.304. The van der Waals surface area contributed by atoms with Crippen LogP contribution in [0.15, 0.2) is 24.6 Å². The van der Waals surface area contributed by atoms with Crippen molar-refractivity contribution in [2.45, 2.75) is 46.6 Å². The molecule has 2 atom stereocenters. The zero-order valence-corrected chi connectivity index (χ0v) is 16.7. The van der Waals surface area contributed by atoms with Crippen molar-refractivity contribution in [3.8, 4) is 0 Å². The molecule has 0 spiro atoms. The van der Waals surface area contributed by atoms with Crippen molar-refractivity contribution in [1.82, 2.24) is 29.5 Å². The summed E-state index contributed by atoms with van der Waals surface area (Å²) in [5.74, 6) is 0.539. The minimum absolute atomic E-state index is 0.134. The van der Waals surface area contributed by atoms with Gasteiger partial charge in [-0.15, -0.1) is 0 Å². The maximum atomic E-state index is 12.9. The third kappa shape index (κ3) is 4.19. The molecule has 2 aliphatic heterocycles. The fourth-order valence-corrected chi connectivity index (χ4v) is 3.99. The molecule has 3 heterocycles. The van der Waals surface area contributed by atoms with Crippen molar-refractivity contribution in [2.24, 2.45) is 11.3 Å². The van der Waals surface area contributed by atoms with Crippen LogP contribution < -0.4 is 0 Å². The van der Waals surface area contributed by atoms with Crippen LogP contribution in [0.1, 0.15) is 46.6 Å². The van der Waals surface area contributed by atoms with Gasteiger partial charge in [0.25, 0.3) is 0 Å². The molecular formula is C19H32N6O. The first-order valence-corrected chi connectivity index (χ1v) is 9.54. The Hall–Kier alpha value is -2.05. The molecule has 0 saturated carbocycles. The number of rotatable bonds is 4. The molecule has 7 heteroatoms. The van der Waals surface area contributed by atoms with Gasteiger partial charge in [0.2, 0.25) is 5.91 Å². The standard InChI is InChI=1S/C19H32N6O/c1-15(25-13-20-12-21-25)18(26)23-8-6-7-16(9-23)17-10-22(5)14-24(17)11-19(2,3)4/h10,12-13,15-16H,6-9,11,14H2,1-5H3. The second kappa shape index (κ2) is 7.29. The van der Waals surface area contributed by atoms with Crippen LogP contribution in [-0.2, 0) is 4.79 Å². The number of hydrogen-bond acceptors (Lipinski definition) is 5. The molecule has 0 aliphatic carbocycles. The first-order valence-electron chi connectivity index (χ1n) is 9.54. The van der Waals surface area contributed by atoms with E-state index < -0.39 is 0 Å². The van der Waals surface area contributed by atoms with E-state index >= 15 is 0 Å². The van der Waals surface area contributed by atoms with Crippen molar-refractivity contribution < 1.29 is 4.79 Å². The highest BCUT2D eigenvalue weighted by atomic mass is 16.2. The zero-order valence-electron chi connectivity index (χ0n) is 16.7. The van der Waals surface area contributed by atoms with E-state index in [9.17, 15) is 4.79 Å². The van der Waals surface area contributed by atoms with E-state index in [0.29, 0.717) is 5.92 Å². The van der Waals surface area contributed by atoms with Gasteiger partial charge in [-0.3, -0.25) is 4.79 Å². The van der Waals surface area contributed by atoms with Crippen LogP contribution in [0.25, 0.3) is 0 Å². The highest BCUT2D eigenvalue weighted by molar-refractivity contribution is 5.80. The number of carbonyl (C=O) groups is 1. The third-order valence-corrected chi connectivity index (χ3v) is 5.12. The summed E-state index contributed by atoms with van der Waals surface area (Å²) >= 11 is 0. The van der Waals surface area contributed by atoms with Crippen molar-refractivity contribution in [2.75, 3.05) is 33.4 Å². The summed E-state index contributed by atoms with van der Waals surface area (Å²) in [6.45, 7) is 12.3. The van der Waals surface area contributed by atoms with E-state index in [4.69, 9.17) is 0 Å². The van der Waals surface area contributed by atoms with Gasteiger partial charge in [0.05, 0.1) is 6.67 Å². The van der Waals surface area contributed by atoms with Gasteiger partial charge in [-0.25, -0.2) is 9.67 Å². The fourth-order valence-electron chi connectivity index (χ4n) is 3.99. The lowest BCUT2D eigenvalue weighted by Gasteiger charge is -2.38. The molecule has 1 saturated heterocycles. The van der Waals surface area contributed by atoms with Crippen LogP contribution in [0.2, 0.25) is 0 Å². The van der Waals surface area contributed by atoms with Gasteiger partial charge in [0, 0.05) is 44.5 Å². The van der Waals surface area contributed by atoms with Crippen molar-refractivity contribution in [3.63, 3.8) is 0 Å². The molecule has 1 amide bonds. The van der Waals surface area contributed by atoms with E-state index in [1.54, 1.807) is 11.0 Å². The minimum atomic E-state index is -0.304. The first-order chi connectivity index (χ1) is 12.2. The quantitative estimate of drug-likeness (QED) is 0.824. The van der Waals surface area contributed by atoms with Gasteiger partial charge in [0.15, 0.2) is 0 Å². The Bertz CT molecular complexity index is 647. The number of carbonyl (C=O) groups excluding carboxylic acids is 1. The largest absolute Gasteiger partial charge is 0.361 e. The summed E-state index contributed by atoms with van der Waals surface area (Å²) < 4.78 is 1.64. The lowest BCUT2D eigenvalue weighted by molar-refractivity contribution is -0.136. The third-order valence-electron chi connectivity index (χ3n) is 5.12. The van der Waals surface area contributed by atoms with Crippen molar-refractivity contribution >= 4 is 5.91 Å². The Morgan fingerprint density at radius 2 is 2.15 bits per heavy atom. The van der Waals surface area contributed by atoms with Gasteiger partial charge in [-0.05, 0) is 25.2 Å². The molecule has 3 rings (SSSR count). The van der Waals surface area contributed by atoms with E-state index in [1.807, 2.05) is 11.8 Å². The van der Waals surface area contributed by atoms with E-state index in [1.165, 1.54) is 12.0 Å². The smallest absolute Gasteiger partial charge is 0.247 e. The van der Waals surface area contributed by atoms with Gasteiger partial charge in [0.1, 0.15) is 18.7 Å². The van der Waals surface area contributed by atoms with Crippen LogP contribution in [0.3, 0.4) is 0 Å². The van der Waals surface area contributed by atoms with Crippen LogP contribution in [0.4, 0.5) is 0 Å². The molecule has 0 radical (unpaired) electrons. The molecule has 2 aliphatic rings. The molecule has 0 bridgehead atoms. The fraction of sp³-hybridized carbons (Fsp3) is 0.737. The average molecular weight is 361 g/mol. The van der Waals surface area contributed by atoms with Crippen LogP contribution >= 0.6 is 0 Å². The lowest BCUT2D eigenvalue weighted by Crippen LogP contribution is -2.45. The Kier molecular flexibility index (Phi) is 5.25. The highest BCUT2D eigenvalue weighted by Crippen LogP contribution is 2.32. The molecular weight excluding hydrogens is 328 g/mol. The van der Waals surface area contributed by atoms with Gasteiger partial charge in [-0.1, -0.05) is 20.8 Å². The van der Waals surface area contributed by atoms with E-state index in [0.717, 1.165) is 39.1 Å². The molecule has 1 fully saturated rings. The second-order valence-corrected chi connectivity index (χ2v) is 8.89. The van der Waals surface area contributed by atoms with E-state index in [-0.39, 0.29) is 17.4 Å². The summed E-state index contributed by atoms with van der Waals surface area (Å²) in [7, 11) is 2.13. The van der Waals surface area contributed by atoms with Crippen LogP contribution in [0.5, 0.6) is 0 Å². The topological polar surface area (TPSA) is 57.5 Å². The Morgan fingerprint density at radius 1 is 1.38 bits per heavy atom. The normalized spacial score (nSPS) is 22.6. The number of amides is 1. The molecule has 1 aromatic heterocycles. The SMILES string of the molecule is CC(C(=O)N1CCCC(C2=CN(C)CN2CC(C)(C)C)C1)n1cncn1. The maximum absolute atomic E-state index is 12.9. The summed E-state index contributed by atoms with van der Waals surface area (Å²) in [5.41, 5.74) is 1.63. The van der Waals surface area contributed by atoms with Crippen molar-refractivity contribution in [1.29, 1.82) is 0 Å². The molecule has 26 heavy (non-hydrogen) atoms. The number of nitrogens with zero attached hydrogens (tertiary/aromatic N) is 6. The second-order valence-electron chi connectivity index (χ2n) is 8.89. The molecule has 7 nitrogen and oxygen atoms in total. The number of aromatic nitrogens is 3. The number of likely N-dealkylation sites (tertiary alicyclic amines) is 1. The predicted octanol–water partition coefficient (Wildman–Crippen LogP) is 2.17. The molecule has 1 aromatic rings. The molecule has 0 N–H and O–H groups in total. The van der Waals surface area contributed by atoms with Crippen LogP contribution in [-0.4, -0.2) is 68.7 Å². The predicted molar refractivity (Wildman–Crippen MR) is 101 cm³/mol. The van der Waals surface area contributed by atoms with Gasteiger partial charge < -0.3 is 14.7 Å². The Balaban J connectivity index is 1.69. The zero-order chi connectivity index (χ0) is 18.9. The Labute approximate surface area is 156 Å². The van der Waals surface area contributed by atoms with Crippen molar-refractivity contribution in [3.05, 3.63) is 24.6 Å². The lowest BCUT2D eigenvalue weighted by atomic mass is 9.91. The minimum Gasteiger partial charge on any atom is -0.361 e. The average Bonchev–Trinajstić information content (AvgIpc) is 3.22. The van der Waals surface area contributed by atoms with Crippen LogP contribution in [0, 0.1) is 11.3 Å². The van der Waals surface area contributed by atoms with E-state index in [2.05, 4.69) is 53.9 Å². The molecule has 2 unspecified atom stereocenters. The molecule has 144 valence electrons. The number of piperidine rings is 1. The van der Waals surface area contributed by atoms with Gasteiger partial charge >= 0.3 is 0 Å². The maximum Gasteiger partial charge on any atom is 0.247 e. The number of hydrogen-bond donors (Lipinski definition) is 0. The molecule has 0 aromatic carbocycles. The highest BCUT2D eigenvalue weighted by Gasteiger charge is 2.34. The summed E-state index contributed by atoms with van der Waals surface area (Å²) in [5, 5.41) is 4.12. The monoisotopic (exact) mass is 360 g/mol.